The molecule has 1 aromatic heterocycles. The molecule has 0 bridgehead atoms. The van der Waals surface area contributed by atoms with Gasteiger partial charge in [-0.25, -0.2) is 4.98 Å². The first kappa shape index (κ1) is 21.8. The largest absolute Gasteiger partial charge is 0.342 e. The van der Waals surface area contributed by atoms with Gasteiger partial charge in [-0.2, -0.15) is 0 Å². The van der Waals surface area contributed by atoms with E-state index in [2.05, 4.69) is 10.3 Å². The molecular formula is C21H24N4O4S. The van der Waals surface area contributed by atoms with Crippen molar-refractivity contribution in [3.05, 3.63) is 58.3 Å². The third kappa shape index (κ3) is 5.56. The van der Waals surface area contributed by atoms with Crippen LogP contribution in [0.3, 0.4) is 0 Å². The summed E-state index contributed by atoms with van der Waals surface area (Å²) in [6, 6.07) is 9.88. The number of hydrogen-bond acceptors (Lipinski definition) is 6. The molecule has 3 rings (SSSR count). The lowest BCUT2D eigenvalue weighted by Crippen LogP contribution is -2.44. The number of nitrogens with one attached hydrogen (secondary N) is 1. The van der Waals surface area contributed by atoms with Gasteiger partial charge in [0.15, 0.2) is 0 Å². The minimum Gasteiger partial charge on any atom is -0.342 e. The molecule has 0 radical (unpaired) electrons. The van der Waals surface area contributed by atoms with Crippen LogP contribution in [0.4, 0.5) is 11.5 Å². The number of pyridine rings is 1. The number of amides is 2. The topological polar surface area (TPSA) is 105 Å². The maximum atomic E-state index is 12.8. The van der Waals surface area contributed by atoms with Crippen LogP contribution in [0.25, 0.3) is 0 Å². The first-order valence-corrected chi connectivity index (χ1v) is 10.6. The molecule has 1 atom stereocenters. The van der Waals surface area contributed by atoms with Crippen LogP contribution in [0.5, 0.6) is 0 Å². The van der Waals surface area contributed by atoms with Crippen LogP contribution in [0.15, 0.2) is 47.5 Å². The predicted octanol–water partition coefficient (Wildman–Crippen LogP) is 3.66. The van der Waals surface area contributed by atoms with E-state index in [0.717, 1.165) is 10.5 Å². The van der Waals surface area contributed by atoms with E-state index in [1.165, 1.54) is 23.9 Å². The van der Waals surface area contributed by atoms with Gasteiger partial charge in [-0.05, 0) is 56.5 Å². The van der Waals surface area contributed by atoms with Crippen molar-refractivity contribution in [1.82, 2.24) is 9.88 Å². The molecule has 2 amide bonds. The van der Waals surface area contributed by atoms with Gasteiger partial charge in [0.25, 0.3) is 5.69 Å². The van der Waals surface area contributed by atoms with Gasteiger partial charge in [-0.3, -0.25) is 19.7 Å². The Morgan fingerprint density at radius 2 is 1.90 bits per heavy atom. The van der Waals surface area contributed by atoms with Gasteiger partial charge < -0.3 is 10.2 Å². The number of nitro benzene ring substituents is 1. The number of carbonyl (C=O) groups excluding carboxylic acids is 2. The van der Waals surface area contributed by atoms with E-state index in [1.54, 1.807) is 23.2 Å². The second-order valence-electron chi connectivity index (χ2n) is 7.32. The number of carbonyl (C=O) groups is 2. The molecule has 1 aliphatic heterocycles. The van der Waals surface area contributed by atoms with Crippen molar-refractivity contribution in [2.24, 2.45) is 5.92 Å². The molecular weight excluding hydrogens is 404 g/mol. The van der Waals surface area contributed by atoms with Gasteiger partial charge in [0.1, 0.15) is 5.82 Å². The van der Waals surface area contributed by atoms with E-state index in [1.807, 2.05) is 26.0 Å². The number of hydrogen-bond donors (Lipinski definition) is 1. The number of nitro groups is 1. The number of rotatable bonds is 6. The fourth-order valence-corrected chi connectivity index (χ4v) is 4.30. The summed E-state index contributed by atoms with van der Waals surface area (Å²) in [4.78, 5) is 42.3. The molecule has 1 unspecified atom stereocenters. The average Bonchev–Trinajstić information content (AvgIpc) is 2.73. The number of benzene rings is 1. The van der Waals surface area contributed by atoms with E-state index in [4.69, 9.17) is 0 Å². The third-order valence-electron chi connectivity index (χ3n) is 5.05. The van der Waals surface area contributed by atoms with Gasteiger partial charge in [0.2, 0.25) is 11.8 Å². The Kier molecular flexibility index (Phi) is 7.04. The number of piperidine rings is 1. The molecule has 1 aliphatic rings. The highest BCUT2D eigenvalue weighted by molar-refractivity contribution is 8.00. The summed E-state index contributed by atoms with van der Waals surface area (Å²) in [7, 11) is 0. The molecule has 30 heavy (non-hydrogen) atoms. The Balaban J connectivity index is 1.49. The fraction of sp³-hybridized carbons (Fsp3) is 0.381. The lowest BCUT2D eigenvalue weighted by Gasteiger charge is -2.32. The van der Waals surface area contributed by atoms with Gasteiger partial charge in [-0.1, -0.05) is 0 Å². The highest BCUT2D eigenvalue weighted by atomic mass is 32.2. The Morgan fingerprint density at radius 1 is 1.23 bits per heavy atom. The molecule has 2 heterocycles. The van der Waals surface area contributed by atoms with Crippen molar-refractivity contribution in [1.29, 1.82) is 0 Å². The van der Waals surface area contributed by atoms with Gasteiger partial charge in [-0.15, -0.1) is 11.8 Å². The maximum absolute atomic E-state index is 12.8. The summed E-state index contributed by atoms with van der Waals surface area (Å²) < 4.78 is 0. The SMILES string of the molecule is Cc1ccnc(NC(=O)C2CCN(C(=O)C(C)Sc3ccc([N+](=O)[O-])cc3)CC2)c1. The first-order chi connectivity index (χ1) is 14.3. The molecule has 0 aliphatic carbocycles. The molecule has 8 nitrogen and oxygen atoms in total. The minimum atomic E-state index is -0.446. The highest BCUT2D eigenvalue weighted by Gasteiger charge is 2.30. The molecule has 1 fully saturated rings. The quantitative estimate of drug-likeness (QED) is 0.428. The zero-order valence-electron chi connectivity index (χ0n) is 16.9. The number of aryl methyl sites for hydroxylation is 1. The Bertz CT molecular complexity index is 927. The number of anilines is 1. The molecule has 2 aromatic rings. The molecule has 1 N–H and O–H groups in total. The first-order valence-electron chi connectivity index (χ1n) is 9.77. The normalized spacial score (nSPS) is 15.5. The van der Waals surface area contributed by atoms with Crippen LogP contribution >= 0.6 is 11.8 Å². The van der Waals surface area contributed by atoms with E-state index in [0.29, 0.717) is 31.7 Å². The lowest BCUT2D eigenvalue weighted by molar-refractivity contribution is -0.384. The standard InChI is InChI=1S/C21H24N4O4S/c1-14-7-10-22-19(13-14)23-20(26)16-8-11-24(12-9-16)21(27)15(2)30-18-5-3-17(4-6-18)25(28)29/h3-7,10,13,15-16H,8-9,11-12H2,1-2H3,(H,22,23,26). The van der Waals surface area contributed by atoms with Crippen molar-refractivity contribution < 1.29 is 14.5 Å². The number of likely N-dealkylation sites (tertiary alicyclic amines) is 1. The van der Waals surface area contributed by atoms with E-state index < -0.39 is 4.92 Å². The Hall–Kier alpha value is -2.94. The van der Waals surface area contributed by atoms with Crippen LogP contribution < -0.4 is 5.32 Å². The van der Waals surface area contributed by atoms with E-state index in [9.17, 15) is 19.7 Å². The molecule has 158 valence electrons. The van der Waals surface area contributed by atoms with E-state index in [-0.39, 0.29) is 28.7 Å². The van der Waals surface area contributed by atoms with Gasteiger partial charge in [0.05, 0.1) is 10.2 Å². The van der Waals surface area contributed by atoms with Crippen molar-refractivity contribution in [2.75, 3.05) is 18.4 Å². The Morgan fingerprint density at radius 3 is 2.50 bits per heavy atom. The summed E-state index contributed by atoms with van der Waals surface area (Å²) in [5.41, 5.74) is 1.06. The highest BCUT2D eigenvalue weighted by Crippen LogP contribution is 2.28. The van der Waals surface area contributed by atoms with E-state index >= 15 is 0 Å². The second-order valence-corrected chi connectivity index (χ2v) is 8.73. The van der Waals surface area contributed by atoms with Crippen molar-refractivity contribution >= 4 is 35.1 Å². The fourth-order valence-electron chi connectivity index (χ4n) is 3.35. The lowest BCUT2D eigenvalue weighted by atomic mass is 9.95. The molecule has 1 aromatic carbocycles. The summed E-state index contributed by atoms with van der Waals surface area (Å²) in [5, 5.41) is 13.3. The third-order valence-corrected chi connectivity index (χ3v) is 6.15. The van der Waals surface area contributed by atoms with Gasteiger partial charge in [0, 0.05) is 42.2 Å². The maximum Gasteiger partial charge on any atom is 0.269 e. The van der Waals surface area contributed by atoms with Crippen LogP contribution in [0.1, 0.15) is 25.3 Å². The summed E-state index contributed by atoms with van der Waals surface area (Å²) in [6.07, 6.45) is 2.88. The van der Waals surface area contributed by atoms with Crippen LogP contribution in [0.2, 0.25) is 0 Å². The average molecular weight is 429 g/mol. The Labute approximate surface area is 179 Å². The number of nitrogens with zero attached hydrogens (tertiary/aromatic N) is 3. The summed E-state index contributed by atoms with van der Waals surface area (Å²) in [5.74, 6) is 0.353. The van der Waals surface area contributed by atoms with Crippen LogP contribution in [0, 0.1) is 23.0 Å². The predicted molar refractivity (Wildman–Crippen MR) is 115 cm³/mol. The number of thioether (sulfide) groups is 1. The smallest absolute Gasteiger partial charge is 0.269 e. The molecule has 0 spiro atoms. The minimum absolute atomic E-state index is 0.0116. The number of aromatic nitrogens is 1. The van der Waals surface area contributed by atoms with Crippen molar-refractivity contribution in [3.8, 4) is 0 Å². The van der Waals surface area contributed by atoms with Gasteiger partial charge >= 0.3 is 0 Å². The van der Waals surface area contributed by atoms with Crippen molar-refractivity contribution in [2.45, 2.75) is 36.8 Å². The zero-order valence-corrected chi connectivity index (χ0v) is 17.7. The molecule has 0 saturated carbocycles. The number of non-ortho nitro benzene ring substituents is 1. The van der Waals surface area contributed by atoms with Crippen LogP contribution in [-0.2, 0) is 9.59 Å². The summed E-state index contributed by atoms with van der Waals surface area (Å²) in [6.45, 7) is 4.83. The molecule has 1 saturated heterocycles. The second kappa shape index (κ2) is 9.71. The molecule has 9 heteroatoms. The monoisotopic (exact) mass is 428 g/mol. The van der Waals surface area contributed by atoms with Crippen LogP contribution in [-0.4, -0.2) is 45.0 Å². The van der Waals surface area contributed by atoms with Crippen molar-refractivity contribution in [3.63, 3.8) is 0 Å². The zero-order chi connectivity index (χ0) is 21.7. The summed E-state index contributed by atoms with van der Waals surface area (Å²) >= 11 is 1.37.